The number of hydrogen-bond donors (Lipinski definition) is 2. The van der Waals surface area contributed by atoms with Crippen LogP contribution in [0.1, 0.15) is 39.5 Å². The second kappa shape index (κ2) is 13.1. The van der Waals surface area contributed by atoms with Crippen LogP contribution in [0.2, 0.25) is 0 Å². The van der Waals surface area contributed by atoms with Gasteiger partial charge < -0.3 is 20.9 Å². The molecule has 1 atom stereocenters. The van der Waals surface area contributed by atoms with Gasteiger partial charge in [-0.05, 0) is 51.2 Å². The minimum Gasteiger partial charge on any atom is -0.369 e. The molecule has 2 fully saturated rings. The Morgan fingerprint density at radius 1 is 1.26 bits per heavy atom. The molecule has 8 heteroatoms. The summed E-state index contributed by atoms with van der Waals surface area (Å²) in [6.07, 6.45) is 4.16. The molecule has 1 unspecified atom stereocenters. The Morgan fingerprint density at radius 2 is 1.96 bits per heavy atom. The smallest absolute Gasteiger partial charge is 0.220 e. The summed E-state index contributed by atoms with van der Waals surface area (Å²) in [5.41, 5.74) is 5.40. The standard InChI is InChI=1S/C19H37N5OS.HI/c1-15(2)17-14-24(12-13-26-17)19(21-3)22-8-4-5-9-23-10-6-16(7-11-23)18(20)25;/h15-17H,4-14H2,1-3H3,(H2,20,25)(H,21,22);1H. The number of amides is 1. The molecular formula is C19H38IN5OS. The summed E-state index contributed by atoms with van der Waals surface area (Å²) in [5.74, 6) is 2.91. The number of guanidine groups is 1. The predicted molar refractivity (Wildman–Crippen MR) is 127 cm³/mol. The van der Waals surface area contributed by atoms with Gasteiger partial charge in [0.1, 0.15) is 0 Å². The van der Waals surface area contributed by atoms with Gasteiger partial charge in [-0.1, -0.05) is 13.8 Å². The minimum absolute atomic E-state index is 0. The van der Waals surface area contributed by atoms with Gasteiger partial charge in [0, 0.05) is 43.6 Å². The zero-order chi connectivity index (χ0) is 18.9. The number of primary amides is 1. The van der Waals surface area contributed by atoms with Gasteiger partial charge in [-0.25, -0.2) is 0 Å². The van der Waals surface area contributed by atoms with E-state index in [2.05, 4.69) is 45.7 Å². The summed E-state index contributed by atoms with van der Waals surface area (Å²) in [6.45, 7) is 10.9. The summed E-state index contributed by atoms with van der Waals surface area (Å²) >= 11 is 2.09. The largest absolute Gasteiger partial charge is 0.369 e. The van der Waals surface area contributed by atoms with Crippen LogP contribution in [-0.4, -0.2) is 79.0 Å². The highest BCUT2D eigenvalue weighted by atomic mass is 127. The molecule has 2 saturated heterocycles. The van der Waals surface area contributed by atoms with Crippen LogP contribution in [0.15, 0.2) is 4.99 Å². The third-order valence-corrected chi connectivity index (χ3v) is 7.06. The van der Waals surface area contributed by atoms with E-state index in [1.165, 1.54) is 12.2 Å². The first kappa shape index (κ1) is 24.8. The van der Waals surface area contributed by atoms with Crippen molar-refractivity contribution in [2.45, 2.75) is 44.8 Å². The first-order valence-corrected chi connectivity index (χ1v) is 11.1. The van der Waals surface area contributed by atoms with Crippen molar-refractivity contribution < 1.29 is 4.79 Å². The highest BCUT2D eigenvalue weighted by molar-refractivity contribution is 14.0. The minimum atomic E-state index is -0.129. The molecule has 27 heavy (non-hydrogen) atoms. The maximum atomic E-state index is 11.2. The lowest BCUT2D eigenvalue weighted by atomic mass is 9.96. The second-order valence-corrected chi connectivity index (χ2v) is 9.15. The van der Waals surface area contributed by atoms with E-state index >= 15 is 0 Å². The van der Waals surface area contributed by atoms with Crippen molar-refractivity contribution in [3.05, 3.63) is 0 Å². The molecule has 2 heterocycles. The van der Waals surface area contributed by atoms with E-state index in [1.807, 2.05) is 7.05 Å². The number of aliphatic imine (C=N–C) groups is 1. The normalized spacial score (nSPS) is 22.6. The zero-order valence-corrected chi connectivity index (χ0v) is 20.3. The van der Waals surface area contributed by atoms with E-state index in [4.69, 9.17) is 5.73 Å². The molecule has 0 aromatic carbocycles. The summed E-state index contributed by atoms with van der Waals surface area (Å²) < 4.78 is 0. The Balaban J connectivity index is 0.00000364. The number of unbranched alkanes of at least 4 members (excludes halogenated alkanes) is 1. The molecule has 0 saturated carbocycles. The fourth-order valence-corrected chi connectivity index (χ4v) is 5.00. The van der Waals surface area contributed by atoms with Crippen molar-refractivity contribution in [3.8, 4) is 0 Å². The first-order valence-electron chi connectivity index (χ1n) is 10.1. The van der Waals surface area contributed by atoms with E-state index in [0.717, 1.165) is 64.5 Å². The Kier molecular flexibility index (Phi) is 12.0. The van der Waals surface area contributed by atoms with Gasteiger partial charge in [0.15, 0.2) is 5.96 Å². The Morgan fingerprint density at radius 3 is 2.56 bits per heavy atom. The molecular weight excluding hydrogens is 473 g/mol. The van der Waals surface area contributed by atoms with E-state index in [-0.39, 0.29) is 35.8 Å². The summed E-state index contributed by atoms with van der Waals surface area (Å²) in [7, 11) is 1.89. The summed E-state index contributed by atoms with van der Waals surface area (Å²) in [5, 5.41) is 4.24. The average molecular weight is 512 g/mol. The topological polar surface area (TPSA) is 74.0 Å². The number of hydrogen-bond acceptors (Lipinski definition) is 4. The monoisotopic (exact) mass is 511 g/mol. The number of piperidine rings is 1. The SMILES string of the molecule is CN=C(NCCCCN1CCC(C(N)=O)CC1)N1CCSC(C(C)C)C1.I. The van der Waals surface area contributed by atoms with Crippen molar-refractivity contribution in [2.24, 2.45) is 22.6 Å². The molecule has 0 radical (unpaired) electrons. The van der Waals surface area contributed by atoms with Gasteiger partial charge >= 0.3 is 0 Å². The molecule has 2 aliphatic heterocycles. The highest BCUT2D eigenvalue weighted by Gasteiger charge is 2.25. The van der Waals surface area contributed by atoms with Crippen LogP contribution in [0, 0.1) is 11.8 Å². The number of halogens is 1. The van der Waals surface area contributed by atoms with Gasteiger partial charge in [-0.2, -0.15) is 11.8 Å². The molecule has 0 aromatic heterocycles. The maximum absolute atomic E-state index is 11.2. The number of nitrogens with one attached hydrogen (secondary N) is 1. The Hall–Kier alpha value is -0.220. The lowest BCUT2D eigenvalue weighted by Gasteiger charge is -2.36. The zero-order valence-electron chi connectivity index (χ0n) is 17.2. The molecule has 6 nitrogen and oxygen atoms in total. The third-order valence-electron chi connectivity index (χ3n) is 5.52. The molecule has 0 aromatic rings. The van der Waals surface area contributed by atoms with E-state index in [0.29, 0.717) is 11.2 Å². The van der Waals surface area contributed by atoms with Gasteiger partial charge in [0.25, 0.3) is 0 Å². The molecule has 158 valence electrons. The van der Waals surface area contributed by atoms with E-state index in [9.17, 15) is 4.79 Å². The third kappa shape index (κ3) is 8.35. The van der Waals surface area contributed by atoms with E-state index < -0.39 is 0 Å². The fourth-order valence-electron chi connectivity index (χ4n) is 3.71. The van der Waals surface area contributed by atoms with Gasteiger partial charge in [0.2, 0.25) is 5.91 Å². The van der Waals surface area contributed by atoms with Crippen LogP contribution < -0.4 is 11.1 Å². The lowest BCUT2D eigenvalue weighted by molar-refractivity contribution is -0.123. The van der Waals surface area contributed by atoms with Crippen LogP contribution in [0.3, 0.4) is 0 Å². The second-order valence-electron chi connectivity index (χ2n) is 7.80. The van der Waals surface area contributed by atoms with Crippen LogP contribution in [-0.2, 0) is 4.79 Å². The van der Waals surface area contributed by atoms with Crippen LogP contribution in [0.4, 0.5) is 0 Å². The molecule has 1 amide bonds. The Bertz CT molecular complexity index is 469. The maximum Gasteiger partial charge on any atom is 0.220 e. The number of nitrogens with zero attached hydrogens (tertiary/aromatic N) is 3. The first-order chi connectivity index (χ1) is 12.5. The van der Waals surface area contributed by atoms with Crippen LogP contribution in [0.25, 0.3) is 0 Å². The summed E-state index contributed by atoms with van der Waals surface area (Å²) in [6, 6.07) is 0. The molecule has 3 N–H and O–H groups in total. The lowest BCUT2D eigenvalue weighted by Crippen LogP contribution is -2.49. The molecule has 0 bridgehead atoms. The summed E-state index contributed by atoms with van der Waals surface area (Å²) in [4.78, 5) is 20.6. The number of thioether (sulfide) groups is 1. The number of nitrogens with two attached hydrogens (primary N) is 1. The number of carbonyl (C=O) groups excluding carboxylic acids is 1. The van der Waals surface area contributed by atoms with Crippen LogP contribution in [0.5, 0.6) is 0 Å². The Labute approximate surface area is 186 Å². The average Bonchev–Trinajstić information content (AvgIpc) is 2.65. The van der Waals surface area contributed by atoms with E-state index in [1.54, 1.807) is 0 Å². The van der Waals surface area contributed by atoms with Gasteiger partial charge in [0.05, 0.1) is 0 Å². The molecule has 0 spiro atoms. The van der Waals surface area contributed by atoms with Crippen molar-refractivity contribution in [1.29, 1.82) is 0 Å². The van der Waals surface area contributed by atoms with Crippen LogP contribution >= 0.6 is 35.7 Å². The van der Waals surface area contributed by atoms with Gasteiger partial charge in [-0.15, -0.1) is 24.0 Å². The predicted octanol–water partition coefficient (Wildman–Crippen LogP) is 2.23. The number of carbonyl (C=O) groups is 1. The molecule has 2 rings (SSSR count). The number of likely N-dealkylation sites (tertiary alicyclic amines) is 1. The highest BCUT2D eigenvalue weighted by Crippen LogP contribution is 2.24. The quantitative estimate of drug-likeness (QED) is 0.238. The molecule has 2 aliphatic rings. The van der Waals surface area contributed by atoms with Crippen molar-refractivity contribution >= 4 is 47.6 Å². The fraction of sp³-hybridized carbons (Fsp3) is 0.895. The number of rotatable bonds is 7. The van der Waals surface area contributed by atoms with Crippen molar-refractivity contribution in [1.82, 2.24) is 15.1 Å². The van der Waals surface area contributed by atoms with Gasteiger partial charge in [-0.3, -0.25) is 9.79 Å². The van der Waals surface area contributed by atoms with Crippen molar-refractivity contribution in [2.75, 3.05) is 52.1 Å². The van der Waals surface area contributed by atoms with Crippen molar-refractivity contribution in [3.63, 3.8) is 0 Å². The molecule has 0 aliphatic carbocycles.